The summed E-state index contributed by atoms with van der Waals surface area (Å²) in [5, 5.41) is 2.33. The highest BCUT2D eigenvalue weighted by Crippen LogP contribution is 2.52. The van der Waals surface area contributed by atoms with Crippen LogP contribution >= 0.6 is 0 Å². The zero-order chi connectivity index (χ0) is 64.3. The molecule has 5 heterocycles. The molecule has 0 radical (unpaired) electrons. The van der Waals surface area contributed by atoms with Crippen molar-refractivity contribution in [3.05, 3.63) is 333 Å². The van der Waals surface area contributed by atoms with E-state index in [1.807, 2.05) is 42.5 Å². The van der Waals surface area contributed by atoms with Gasteiger partial charge in [-0.25, -0.2) is 24.9 Å². The van der Waals surface area contributed by atoms with Crippen molar-refractivity contribution in [3.63, 3.8) is 0 Å². The summed E-state index contributed by atoms with van der Waals surface area (Å²) in [4.78, 5) is 32.1. The van der Waals surface area contributed by atoms with Gasteiger partial charge in [0.2, 0.25) is 0 Å². The lowest BCUT2D eigenvalue weighted by Gasteiger charge is -2.44. The minimum absolute atomic E-state index is 0.00645. The van der Waals surface area contributed by atoms with Gasteiger partial charge in [0.15, 0.2) is 23.3 Å². The first-order valence-electron chi connectivity index (χ1n) is 33.2. The van der Waals surface area contributed by atoms with E-state index in [2.05, 4.69) is 307 Å². The molecule has 97 heavy (non-hydrogen) atoms. The van der Waals surface area contributed by atoms with E-state index in [-0.39, 0.29) is 12.1 Å². The zero-order valence-corrected chi connectivity index (χ0v) is 53.3. The third kappa shape index (κ3) is 9.11. The average Bonchev–Trinajstić information content (AvgIpc) is 1.59. The standard InChI is InChI=1S/C88H59BN8/c1-88(2)70-38-20-18-36-65(70)67-53-68-66-37-19-23-41-76(66)97(80(68)54-71(67)88)77-49-48-61(75-55-74(57-26-8-3-9-27-57)90-84(91-75)58-28-10-4-11-29-58)50-69(77)87-93-85(59-30-12-5-13-31-59)92-86(94-87)60-46-44-56(45-47-60)62-51-81-83-82(52-62)96(64-34-16-7-17-35-64)79-43-25-22-40-73(79)89(83)72-39-21-24-42-78(72)95(81)63-32-14-6-15-33-63/h3-55H,1-2H3. The van der Waals surface area contributed by atoms with E-state index in [4.69, 9.17) is 24.9 Å². The highest BCUT2D eigenvalue weighted by molar-refractivity contribution is 7.00. The number of para-hydroxylation sites is 5. The number of aromatic nitrogens is 6. The summed E-state index contributed by atoms with van der Waals surface area (Å²) >= 11 is 0. The molecule has 8 nitrogen and oxygen atoms in total. The SMILES string of the molecule is CC1(C)c2ccccc2-c2cc3c4ccccc4n(-c4ccc(-c5cc(-c6ccccc6)nc(-c6ccccc6)n5)cc4-c4nc(-c5ccccc5)nc(-c5ccc(-c6cc7c8c(c6)N(c6ccccc6)c6ccccc6B8c6ccccc6N7c6ccccc6)cc5)n4)c3cc21. The molecule has 0 N–H and O–H groups in total. The molecule has 3 aliphatic rings. The molecule has 0 unspecified atom stereocenters. The maximum atomic E-state index is 5.65. The molecule has 9 heteroatoms. The van der Waals surface area contributed by atoms with Gasteiger partial charge >= 0.3 is 0 Å². The lowest BCUT2D eigenvalue weighted by Crippen LogP contribution is -2.61. The van der Waals surface area contributed by atoms with Crippen molar-refractivity contribution < 1.29 is 0 Å². The first-order chi connectivity index (χ1) is 47.9. The van der Waals surface area contributed by atoms with Crippen molar-refractivity contribution in [2.45, 2.75) is 19.3 Å². The minimum Gasteiger partial charge on any atom is -0.311 e. The molecule has 0 saturated heterocycles. The summed E-state index contributed by atoms with van der Waals surface area (Å²) in [6, 6.07) is 115. The number of nitrogens with zero attached hydrogens (tertiary/aromatic N) is 8. The largest absolute Gasteiger partial charge is 0.311 e. The van der Waals surface area contributed by atoms with E-state index in [1.54, 1.807) is 0 Å². The fraction of sp³-hybridized carbons (Fsp3) is 0.0341. The van der Waals surface area contributed by atoms with Gasteiger partial charge in [0.25, 0.3) is 6.71 Å². The Hall–Kier alpha value is -12.6. The molecule has 19 rings (SSSR count). The smallest absolute Gasteiger partial charge is 0.252 e. The van der Waals surface area contributed by atoms with Gasteiger partial charge in [0.05, 0.1) is 28.1 Å². The molecule has 0 fully saturated rings. The summed E-state index contributed by atoms with van der Waals surface area (Å²) in [5.41, 5.74) is 27.8. The van der Waals surface area contributed by atoms with Gasteiger partial charge in [-0.3, -0.25) is 0 Å². The first kappa shape index (κ1) is 56.0. The number of fused-ring (bicyclic) bond motifs is 10. The van der Waals surface area contributed by atoms with Crippen LogP contribution in [0.1, 0.15) is 25.0 Å². The summed E-state index contributed by atoms with van der Waals surface area (Å²) in [6.45, 7) is 4.71. The number of anilines is 6. The topological polar surface area (TPSA) is 75.9 Å². The van der Waals surface area contributed by atoms with Gasteiger partial charge in [-0.05, 0) is 135 Å². The van der Waals surface area contributed by atoms with Crippen LogP contribution in [0.3, 0.4) is 0 Å². The fourth-order valence-electron chi connectivity index (χ4n) is 15.5. The molecule has 1 aliphatic carbocycles. The van der Waals surface area contributed by atoms with Crippen molar-refractivity contribution in [1.29, 1.82) is 0 Å². The van der Waals surface area contributed by atoms with Gasteiger partial charge in [0.1, 0.15) is 0 Å². The van der Waals surface area contributed by atoms with Crippen molar-refractivity contribution in [3.8, 4) is 96.0 Å². The van der Waals surface area contributed by atoms with Crippen LogP contribution in [0.5, 0.6) is 0 Å². The lowest BCUT2D eigenvalue weighted by molar-refractivity contribution is 0.661. The fourth-order valence-corrected chi connectivity index (χ4v) is 15.5. The molecule has 2 aliphatic heterocycles. The molecule has 0 atom stereocenters. The third-order valence-electron chi connectivity index (χ3n) is 20.0. The Morgan fingerprint density at radius 3 is 1.37 bits per heavy atom. The molecular formula is C88H59BN8. The Morgan fingerprint density at radius 2 is 0.753 bits per heavy atom. The summed E-state index contributed by atoms with van der Waals surface area (Å²) in [5.74, 6) is 2.27. The van der Waals surface area contributed by atoms with Crippen molar-refractivity contribution >= 4 is 79.0 Å². The van der Waals surface area contributed by atoms with E-state index < -0.39 is 0 Å². The monoisotopic (exact) mass is 1240 g/mol. The third-order valence-corrected chi connectivity index (χ3v) is 20.0. The Morgan fingerprint density at radius 1 is 0.278 bits per heavy atom. The Kier molecular flexibility index (Phi) is 12.9. The number of benzene rings is 13. The number of hydrogen-bond donors (Lipinski definition) is 0. The Labute approximate surface area is 562 Å². The number of rotatable bonds is 10. The second-order valence-corrected chi connectivity index (χ2v) is 25.9. The average molecular weight is 1240 g/mol. The van der Waals surface area contributed by atoms with Gasteiger partial charge in [-0.1, -0.05) is 250 Å². The van der Waals surface area contributed by atoms with Gasteiger partial charge in [-0.15, -0.1) is 0 Å². The second-order valence-electron chi connectivity index (χ2n) is 25.9. The van der Waals surface area contributed by atoms with Crippen LogP contribution in [0.2, 0.25) is 0 Å². The van der Waals surface area contributed by atoms with E-state index in [1.165, 1.54) is 55.4 Å². The molecular weight excluding hydrogens is 1180 g/mol. The normalized spacial score (nSPS) is 13.1. The quantitative estimate of drug-likeness (QED) is 0.126. The van der Waals surface area contributed by atoms with E-state index in [0.29, 0.717) is 23.3 Å². The second kappa shape index (κ2) is 22.3. The maximum Gasteiger partial charge on any atom is 0.252 e. The van der Waals surface area contributed by atoms with Crippen LogP contribution < -0.4 is 26.2 Å². The van der Waals surface area contributed by atoms with Crippen molar-refractivity contribution in [2.75, 3.05) is 9.80 Å². The maximum absolute atomic E-state index is 5.65. The Bertz CT molecular complexity index is 5630. The predicted octanol–water partition coefficient (Wildman–Crippen LogP) is 19.8. The van der Waals surface area contributed by atoms with Gasteiger partial charge in [0, 0.05) is 83.7 Å². The van der Waals surface area contributed by atoms with Crippen LogP contribution in [0.15, 0.2) is 322 Å². The van der Waals surface area contributed by atoms with Crippen LogP contribution in [0, 0.1) is 0 Å². The molecule has 0 spiro atoms. The van der Waals surface area contributed by atoms with Crippen LogP contribution in [-0.2, 0) is 5.41 Å². The van der Waals surface area contributed by atoms with E-state index in [9.17, 15) is 0 Å². The summed E-state index contributed by atoms with van der Waals surface area (Å²) in [7, 11) is 0. The summed E-state index contributed by atoms with van der Waals surface area (Å²) in [6.07, 6.45) is 0. The summed E-state index contributed by atoms with van der Waals surface area (Å²) < 4.78 is 2.43. The van der Waals surface area contributed by atoms with Crippen LogP contribution in [0.25, 0.3) is 118 Å². The highest BCUT2D eigenvalue weighted by Gasteiger charge is 2.44. The molecule has 0 amide bonds. The van der Waals surface area contributed by atoms with Gasteiger partial charge < -0.3 is 14.4 Å². The molecule has 3 aromatic heterocycles. The molecule has 13 aromatic carbocycles. The van der Waals surface area contributed by atoms with Crippen LogP contribution in [0.4, 0.5) is 34.1 Å². The zero-order valence-electron chi connectivity index (χ0n) is 53.3. The molecule has 16 aromatic rings. The van der Waals surface area contributed by atoms with Crippen LogP contribution in [-0.4, -0.2) is 36.2 Å². The lowest BCUT2D eigenvalue weighted by atomic mass is 9.33. The first-order valence-corrected chi connectivity index (χ1v) is 33.2. The highest BCUT2D eigenvalue weighted by atomic mass is 15.2. The number of hydrogen-bond acceptors (Lipinski definition) is 7. The minimum atomic E-state index is -0.236. The van der Waals surface area contributed by atoms with E-state index in [0.717, 1.165) is 101 Å². The molecule has 0 saturated carbocycles. The van der Waals surface area contributed by atoms with Crippen molar-refractivity contribution in [2.24, 2.45) is 0 Å². The molecule has 454 valence electrons. The predicted molar refractivity (Wildman–Crippen MR) is 399 cm³/mol. The van der Waals surface area contributed by atoms with Gasteiger partial charge in [-0.2, -0.15) is 0 Å². The van der Waals surface area contributed by atoms with E-state index >= 15 is 0 Å². The van der Waals surface area contributed by atoms with Crippen molar-refractivity contribution in [1.82, 2.24) is 29.5 Å². The Balaban J connectivity index is 0.820. The molecule has 0 bridgehead atoms.